The predicted octanol–water partition coefficient (Wildman–Crippen LogP) is 1.46. The molecule has 1 N–H and O–H groups in total. The van der Waals surface area contributed by atoms with Crippen LogP contribution in [0.5, 0.6) is 0 Å². The summed E-state index contributed by atoms with van der Waals surface area (Å²) in [5, 5.41) is 8.05. The maximum absolute atomic E-state index is 11.0. The molecule has 0 spiro atoms. The van der Waals surface area contributed by atoms with E-state index in [0.717, 1.165) is 12.8 Å². The molecule has 0 aromatic heterocycles. The fourth-order valence-electron chi connectivity index (χ4n) is 0.639. The highest BCUT2D eigenvalue weighted by Crippen LogP contribution is 1.99. The maximum atomic E-state index is 11.0. The van der Waals surface area contributed by atoms with E-state index in [4.69, 9.17) is 9.99 Å². The molecule has 72 valence electrons. The number of carbonyl (C=O) groups excluding carboxylic acids is 1. The molecule has 0 aromatic carbocycles. The van der Waals surface area contributed by atoms with E-state index in [1.54, 1.807) is 6.92 Å². The Labute approximate surface area is 72.4 Å². The number of rotatable bonds is 6. The Morgan fingerprint density at radius 2 is 2.25 bits per heavy atom. The molecule has 0 heterocycles. The number of ether oxygens (including phenoxy) is 1. The van der Waals surface area contributed by atoms with E-state index in [1.807, 2.05) is 6.92 Å². The molecule has 0 aliphatic heterocycles. The number of carbonyl (C=O) groups is 1. The molecule has 0 amide bonds. The highest BCUT2D eigenvalue weighted by molar-refractivity contribution is 5.72. The molecule has 12 heavy (non-hydrogen) atoms. The monoisotopic (exact) mass is 176 g/mol. The van der Waals surface area contributed by atoms with Crippen LogP contribution in [0.4, 0.5) is 0 Å². The van der Waals surface area contributed by atoms with Gasteiger partial charge >= 0.3 is 5.97 Å². The van der Waals surface area contributed by atoms with E-state index in [2.05, 4.69) is 4.89 Å². The summed E-state index contributed by atoms with van der Waals surface area (Å²) in [5.74, 6) is -0.718. The zero-order valence-corrected chi connectivity index (χ0v) is 7.58. The molecule has 0 aliphatic carbocycles. The van der Waals surface area contributed by atoms with Crippen LogP contribution in [-0.4, -0.2) is 24.4 Å². The zero-order valence-electron chi connectivity index (χ0n) is 7.58. The van der Waals surface area contributed by atoms with E-state index >= 15 is 0 Å². The van der Waals surface area contributed by atoms with Gasteiger partial charge in [-0.05, 0) is 13.3 Å². The third-order valence-electron chi connectivity index (χ3n) is 1.47. The lowest BCUT2D eigenvalue weighted by molar-refractivity contribution is -0.250. The molecule has 0 rings (SSSR count). The first-order chi connectivity index (χ1) is 5.72. The summed E-state index contributed by atoms with van der Waals surface area (Å²) in [4.78, 5) is 14.8. The van der Waals surface area contributed by atoms with Gasteiger partial charge in [0.2, 0.25) is 0 Å². The van der Waals surface area contributed by atoms with Crippen molar-refractivity contribution in [2.45, 2.75) is 26.7 Å². The third kappa shape index (κ3) is 5.09. The van der Waals surface area contributed by atoms with Gasteiger partial charge in [-0.1, -0.05) is 13.3 Å². The Kier molecular flexibility index (Phi) is 6.70. The van der Waals surface area contributed by atoms with Crippen LogP contribution in [0, 0.1) is 5.92 Å². The van der Waals surface area contributed by atoms with Crippen molar-refractivity contribution in [1.82, 2.24) is 0 Å². The molecule has 0 aliphatic rings. The largest absolute Gasteiger partial charge is 0.465 e. The summed E-state index contributed by atoms with van der Waals surface area (Å²) >= 11 is 0. The Balaban J connectivity index is 3.43. The first-order valence-electron chi connectivity index (χ1n) is 4.15. The number of esters is 1. The Morgan fingerprint density at radius 3 is 2.75 bits per heavy atom. The SMILES string of the molecule is CCCCOC(=O)C(C)COO. The van der Waals surface area contributed by atoms with Gasteiger partial charge in [0.15, 0.2) is 0 Å². The summed E-state index contributed by atoms with van der Waals surface area (Å²) in [6, 6.07) is 0. The summed E-state index contributed by atoms with van der Waals surface area (Å²) in [7, 11) is 0. The predicted molar refractivity (Wildman–Crippen MR) is 43.6 cm³/mol. The van der Waals surface area contributed by atoms with Crippen molar-refractivity contribution in [2.75, 3.05) is 13.2 Å². The van der Waals surface area contributed by atoms with Crippen molar-refractivity contribution in [2.24, 2.45) is 5.92 Å². The Morgan fingerprint density at radius 1 is 1.58 bits per heavy atom. The van der Waals surface area contributed by atoms with Crippen molar-refractivity contribution >= 4 is 5.97 Å². The van der Waals surface area contributed by atoms with Crippen molar-refractivity contribution < 1.29 is 19.7 Å². The number of unbranched alkanes of at least 4 members (excludes halogenated alkanes) is 1. The number of hydrogen-bond donors (Lipinski definition) is 1. The molecular formula is C8H16O4. The van der Waals surface area contributed by atoms with E-state index < -0.39 is 5.92 Å². The van der Waals surface area contributed by atoms with Crippen LogP contribution < -0.4 is 0 Å². The average molecular weight is 176 g/mol. The van der Waals surface area contributed by atoms with Crippen LogP contribution in [-0.2, 0) is 14.4 Å². The van der Waals surface area contributed by atoms with Crippen molar-refractivity contribution in [3.05, 3.63) is 0 Å². The van der Waals surface area contributed by atoms with Crippen molar-refractivity contribution in [3.63, 3.8) is 0 Å². The fraction of sp³-hybridized carbons (Fsp3) is 0.875. The lowest BCUT2D eigenvalue weighted by Gasteiger charge is -2.08. The smallest absolute Gasteiger partial charge is 0.311 e. The minimum absolute atomic E-state index is 0.00897. The van der Waals surface area contributed by atoms with E-state index in [-0.39, 0.29) is 12.6 Å². The second-order valence-electron chi connectivity index (χ2n) is 2.72. The van der Waals surface area contributed by atoms with Crippen LogP contribution in [0.25, 0.3) is 0 Å². The summed E-state index contributed by atoms with van der Waals surface area (Å²) < 4.78 is 4.87. The molecule has 1 atom stereocenters. The summed E-state index contributed by atoms with van der Waals surface area (Å²) in [5.41, 5.74) is 0. The van der Waals surface area contributed by atoms with Crippen LogP contribution in [0.15, 0.2) is 0 Å². The molecular weight excluding hydrogens is 160 g/mol. The van der Waals surface area contributed by atoms with Crippen molar-refractivity contribution in [1.29, 1.82) is 0 Å². The van der Waals surface area contributed by atoms with Crippen LogP contribution in [0.1, 0.15) is 26.7 Å². The molecule has 0 saturated heterocycles. The fourth-order valence-corrected chi connectivity index (χ4v) is 0.639. The Bertz CT molecular complexity index is 124. The molecule has 0 fully saturated rings. The average Bonchev–Trinajstić information content (AvgIpc) is 2.05. The lowest BCUT2D eigenvalue weighted by atomic mass is 10.2. The normalized spacial score (nSPS) is 12.6. The van der Waals surface area contributed by atoms with Gasteiger partial charge in [-0.3, -0.25) is 10.1 Å². The first kappa shape index (κ1) is 11.4. The summed E-state index contributed by atoms with van der Waals surface area (Å²) in [6.45, 7) is 4.11. The van der Waals surface area contributed by atoms with E-state index in [0.29, 0.717) is 6.61 Å². The molecule has 1 unspecified atom stereocenters. The summed E-state index contributed by atoms with van der Waals surface area (Å²) in [6.07, 6.45) is 1.87. The van der Waals surface area contributed by atoms with Gasteiger partial charge in [0, 0.05) is 0 Å². The highest BCUT2D eigenvalue weighted by atomic mass is 17.1. The van der Waals surface area contributed by atoms with Crippen LogP contribution in [0.3, 0.4) is 0 Å². The number of hydrogen-bond acceptors (Lipinski definition) is 4. The standard InChI is InChI=1S/C8H16O4/c1-3-4-5-11-8(9)7(2)6-12-10/h7,10H,3-6H2,1-2H3. The van der Waals surface area contributed by atoms with Crippen LogP contribution in [0.2, 0.25) is 0 Å². The van der Waals surface area contributed by atoms with Gasteiger partial charge in [0.25, 0.3) is 0 Å². The lowest BCUT2D eigenvalue weighted by Crippen LogP contribution is -2.19. The molecule has 0 saturated carbocycles. The Hall–Kier alpha value is -0.610. The van der Waals surface area contributed by atoms with Gasteiger partial charge in [-0.15, -0.1) is 0 Å². The first-order valence-corrected chi connectivity index (χ1v) is 4.15. The van der Waals surface area contributed by atoms with Gasteiger partial charge in [0.1, 0.15) is 0 Å². The third-order valence-corrected chi connectivity index (χ3v) is 1.47. The maximum Gasteiger partial charge on any atom is 0.311 e. The molecule has 4 nitrogen and oxygen atoms in total. The second-order valence-corrected chi connectivity index (χ2v) is 2.72. The highest BCUT2D eigenvalue weighted by Gasteiger charge is 2.13. The topological polar surface area (TPSA) is 55.8 Å². The molecule has 4 heteroatoms. The van der Waals surface area contributed by atoms with E-state index in [9.17, 15) is 4.79 Å². The van der Waals surface area contributed by atoms with Crippen molar-refractivity contribution in [3.8, 4) is 0 Å². The van der Waals surface area contributed by atoms with E-state index in [1.165, 1.54) is 0 Å². The quantitative estimate of drug-likeness (QED) is 0.288. The van der Waals surface area contributed by atoms with Gasteiger partial charge in [-0.2, -0.15) is 0 Å². The minimum atomic E-state index is -0.396. The van der Waals surface area contributed by atoms with Gasteiger partial charge < -0.3 is 4.74 Å². The van der Waals surface area contributed by atoms with Crippen LogP contribution >= 0.6 is 0 Å². The molecule has 0 bridgehead atoms. The zero-order chi connectivity index (χ0) is 9.40. The molecule has 0 radical (unpaired) electrons. The van der Waals surface area contributed by atoms with Gasteiger partial charge in [-0.25, -0.2) is 4.89 Å². The van der Waals surface area contributed by atoms with Gasteiger partial charge in [0.05, 0.1) is 19.1 Å². The minimum Gasteiger partial charge on any atom is -0.465 e. The second kappa shape index (κ2) is 7.06. The molecule has 0 aromatic rings.